The van der Waals surface area contributed by atoms with Crippen LogP contribution in [0.3, 0.4) is 0 Å². The first-order valence-electron chi connectivity index (χ1n) is 6.41. The Morgan fingerprint density at radius 2 is 1.83 bits per heavy atom. The van der Waals surface area contributed by atoms with Crippen molar-refractivity contribution >= 4 is 11.9 Å². The number of carbonyl (C=O) groups excluding carboxylic acids is 1. The summed E-state index contributed by atoms with van der Waals surface area (Å²) in [5, 5.41) is 12.0. The minimum Gasteiger partial charge on any atom is -0.480 e. The van der Waals surface area contributed by atoms with Gasteiger partial charge in [-0.3, -0.25) is 4.79 Å². The summed E-state index contributed by atoms with van der Waals surface area (Å²) in [4.78, 5) is 23.6. The van der Waals surface area contributed by atoms with Crippen molar-refractivity contribution in [1.82, 2.24) is 5.32 Å². The Morgan fingerprint density at radius 1 is 1.17 bits per heavy atom. The zero-order chi connectivity index (χ0) is 13.2. The molecule has 4 N–H and O–H groups in total. The molecule has 0 aromatic rings. The molecule has 0 aromatic carbocycles. The van der Waals surface area contributed by atoms with Crippen LogP contribution in [0.1, 0.15) is 38.5 Å². The second kappa shape index (κ2) is 4.85. The fraction of sp³-hybridized carbons (Fsp3) is 0.833. The predicted octanol–water partition coefficient (Wildman–Crippen LogP) is 0.00790. The van der Waals surface area contributed by atoms with Crippen molar-refractivity contribution in [2.75, 3.05) is 13.2 Å². The summed E-state index contributed by atoms with van der Waals surface area (Å²) >= 11 is 0. The van der Waals surface area contributed by atoms with Crippen molar-refractivity contribution in [3.63, 3.8) is 0 Å². The smallest absolute Gasteiger partial charge is 0.329 e. The van der Waals surface area contributed by atoms with Gasteiger partial charge in [0.1, 0.15) is 11.1 Å². The number of rotatable bonds is 3. The quantitative estimate of drug-likeness (QED) is 0.660. The molecule has 1 saturated carbocycles. The highest BCUT2D eigenvalue weighted by Crippen LogP contribution is 2.29. The van der Waals surface area contributed by atoms with Crippen LogP contribution >= 0.6 is 0 Å². The minimum atomic E-state index is -1.13. The summed E-state index contributed by atoms with van der Waals surface area (Å²) in [6, 6.07) is 0. The molecule has 0 spiro atoms. The first-order chi connectivity index (χ1) is 8.49. The van der Waals surface area contributed by atoms with Crippen LogP contribution in [0.5, 0.6) is 0 Å². The van der Waals surface area contributed by atoms with E-state index in [9.17, 15) is 14.7 Å². The van der Waals surface area contributed by atoms with E-state index in [0.717, 1.165) is 19.3 Å². The van der Waals surface area contributed by atoms with E-state index in [2.05, 4.69) is 5.32 Å². The molecule has 0 aromatic heterocycles. The van der Waals surface area contributed by atoms with E-state index in [0.29, 0.717) is 25.9 Å². The summed E-state index contributed by atoms with van der Waals surface area (Å²) in [6.07, 6.45) is 4.05. The molecular formula is C12H20N2O4. The van der Waals surface area contributed by atoms with Gasteiger partial charge in [-0.25, -0.2) is 4.79 Å². The lowest BCUT2D eigenvalue weighted by Gasteiger charge is -2.36. The molecule has 6 nitrogen and oxygen atoms in total. The molecule has 6 heteroatoms. The van der Waals surface area contributed by atoms with Crippen LogP contribution in [-0.2, 0) is 14.3 Å². The fourth-order valence-corrected chi connectivity index (χ4v) is 2.65. The number of carbonyl (C=O) groups is 2. The number of hydrogen-bond acceptors (Lipinski definition) is 4. The molecule has 1 saturated heterocycles. The summed E-state index contributed by atoms with van der Waals surface area (Å²) in [7, 11) is 0. The van der Waals surface area contributed by atoms with E-state index in [1.807, 2.05) is 0 Å². The molecule has 18 heavy (non-hydrogen) atoms. The van der Waals surface area contributed by atoms with Gasteiger partial charge in [0.15, 0.2) is 0 Å². The second-order valence-electron chi connectivity index (χ2n) is 5.36. The highest BCUT2D eigenvalue weighted by atomic mass is 16.5. The number of nitrogens with one attached hydrogen (secondary N) is 1. The van der Waals surface area contributed by atoms with Crippen molar-refractivity contribution in [3.05, 3.63) is 0 Å². The Balaban J connectivity index is 2.09. The summed E-state index contributed by atoms with van der Waals surface area (Å²) in [5.74, 6) is -1.36. The molecule has 2 aliphatic rings. The third-order valence-corrected chi connectivity index (χ3v) is 3.97. The van der Waals surface area contributed by atoms with E-state index < -0.39 is 23.0 Å². The van der Waals surface area contributed by atoms with Gasteiger partial charge in [-0.15, -0.1) is 0 Å². The second-order valence-corrected chi connectivity index (χ2v) is 5.36. The largest absolute Gasteiger partial charge is 0.480 e. The van der Waals surface area contributed by atoms with Gasteiger partial charge in [-0.2, -0.15) is 0 Å². The van der Waals surface area contributed by atoms with Gasteiger partial charge in [-0.1, -0.05) is 19.3 Å². The first kappa shape index (κ1) is 13.3. The number of hydrogen-bond donors (Lipinski definition) is 3. The van der Waals surface area contributed by atoms with Crippen LogP contribution in [0.15, 0.2) is 0 Å². The van der Waals surface area contributed by atoms with Crippen molar-refractivity contribution < 1.29 is 19.4 Å². The lowest BCUT2D eigenvalue weighted by molar-refractivity contribution is -0.150. The van der Waals surface area contributed by atoms with E-state index in [4.69, 9.17) is 10.5 Å². The van der Waals surface area contributed by atoms with Gasteiger partial charge < -0.3 is 20.9 Å². The summed E-state index contributed by atoms with van der Waals surface area (Å²) in [6.45, 7) is 0.610. The summed E-state index contributed by atoms with van der Waals surface area (Å²) < 4.78 is 5.13. The number of carboxylic acids is 1. The Kier molecular flexibility index (Phi) is 3.59. The number of carboxylic acid groups (broad SMARTS) is 1. The lowest BCUT2D eigenvalue weighted by Crippen LogP contribution is -2.64. The van der Waals surface area contributed by atoms with Crippen molar-refractivity contribution in [1.29, 1.82) is 0 Å². The Morgan fingerprint density at radius 3 is 2.33 bits per heavy atom. The third kappa shape index (κ3) is 2.35. The lowest BCUT2D eigenvalue weighted by atomic mass is 9.81. The third-order valence-electron chi connectivity index (χ3n) is 3.97. The van der Waals surface area contributed by atoms with Crippen LogP contribution in [0.25, 0.3) is 0 Å². The molecule has 1 aliphatic heterocycles. The molecule has 0 bridgehead atoms. The zero-order valence-electron chi connectivity index (χ0n) is 10.4. The average molecular weight is 256 g/mol. The predicted molar refractivity (Wildman–Crippen MR) is 63.9 cm³/mol. The van der Waals surface area contributed by atoms with Gasteiger partial charge >= 0.3 is 5.97 Å². The molecular weight excluding hydrogens is 236 g/mol. The van der Waals surface area contributed by atoms with Crippen molar-refractivity contribution in [3.8, 4) is 0 Å². The molecule has 1 heterocycles. The van der Waals surface area contributed by atoms with Gasteiger partial charge in [0.05, 0.1) is 6.61 Å². The van der Waals surface area contributed by atoms with Crippen LogP contribution in [-0.4, -0.2) is 41.3 Å². The maximum atomic E-state index is 12.2. The van der Waals surface area contributed by atoms with Gasteiger partial charge in [0, 0.05) is 6.61 Å². The number of nitrogens with two attached hydrogens (primary N) is 1. The Labute approximate surface area is 106 Å². The van der Waals surface area contributed by atoms with E-state index >= 15 is 0 Å². The maximum absolute atomic E-state index is 12.2. The average Bonchev–Trinajstić information content (AvgIpc) is 2.78. The normalized spacial score (nSPS) is 30.9. The molecule has 0 radical (unpaired) electrons. The highest BCUT2D eigenvalue weighted by molar-refractivity contribution is 5.92. The minimum absolute atomic E-state index is 0.161. The van der Waals surface area contributed by atoms with E-state index in [1.165, 1.54) is 0 Å². The SMILES string of the molecule is NC1(C(=O)NC2(C(=O)O)CCCCC2)CCOC1. The van der Waals surface area contributed by atoms with Crippen LogP contribution in [0.4, 0.5) is 0 Å². The molecule has 1 amide bonds. The van der Waals surface area contributed by atoms with Crippen LogP contribution in [0.2, 0.25) is 0 Å². The highest BCUT2D eigenvalue weighted by Gasteiger charge is 2.46. The molecule has 1 unspecified atom stereocenters. The molecule has 1 aliphatic carbocycles. The zero-order valence-corrected chi connectivity index (χ0v) is 10.4. The maximum Gasteiger partial charge on any atom is 0.329 e. The number of amides is 1. The van der Waals surface area contributed by atoms with E-state index in [1.54, 1.807) is 0 Å². The standard InChI is InChI=1S/C12H20N2O4/c13-11(6-7-18-8-11)9(15)14-12(10(16)17)4-2-1-3-5-12/h1-8,13H2,(H,14,15)(H,16,17). The molecule has 2 fully saturated rings. The van der Waals surface area contributed by atoms with Crippen molar-refractivity contribution in [2.45, 2.75) is 49.6 Å². The number of aliphatic carboxylic acids is 1. The topological polar surface area (TPSA) is 102 Å². The fourth-order valence-electron chi connectivity index (χ4n) is 2.65. The summed E-state index contributed by atoms with van der Waals surface area (Å²) in [5.41, 5.74) is 3.74. The number of ether oxygens (including phenoxy) is 1. The Hall–Kier alpha value is -1.14. The van der Waals surface area contributed by atoms with Gasteiger partial charge in [0.25, 0.3) is 0 Å². The van der Waals surface area contributed by atoms with Crippen LogP contribution in [0, 0.1) is 0 Å². The first-order valence-corrected chi connectivity index (χ1v) is 6.41. The Bertz CT molecular complexity index is 344. The van der Waals surface area contributed by atoms with E-state index in [-0.39, 0.29) is 6.61 Å². The van der Waals surface area contributed by atoms with Gasteiger partial charge in [0.2, 0.25) is 5.91 Å². The van der Waals surface area contributed by atoms with Gasteiger partial charge in [-0.05, 0) is 19.3 Å². The molecule has 2 rings (SSSR count). The molecule has 102 valence electrons. The van der Waals surface area contributed by atoms with Crippen LogP contribution < -0.4 is 11.1 Å². The monoisotopic (exact) mass is 256 g/mol. The molecule has 1 atom stereocenters. The van der Waals surface area contributed by atoms with Crippen molar-refractivity contribution in [2.24, 2.45) is 5.73 Å².